The Labute approximate surface area is 109 Å². The molecule has 1 unspecified atom stereocenters. The molecule has 0 bridgehead atoms. The van der Waals surface area contributed by atoms with E-state index in [0.29, 0.717) is 29.4 Å². The molecule has 1 atom stereocenters. The highest BCUT2D eigenvalue weighted by Crippen LogP contribution is 2.33. The fraction of sp³-hybridized carbons (Fsp3) is 0.333. The van der Waals surface area contributed by atoms with E-state index in [1.807, 2.05) is 6.07 Å². The molecule has 1 aliphatic heterocycles. The lowest BCUT2D eigenvalue weighted by molar-refractivity contribution is 0.111. The number of carbonyl (C=O) groups excluding carboxylic acids is 1. The molecular formula is C12H11ClN2O3. The molecule has 5 nitrogen and oxygen atoms in total. The Morgan fingerprint density at radius 2 is 2.39 bits per heavy atom. The normalized spacial score (nSPS) is 19.1. The third kappa shape index (κ3) is 2.34. The lowest BCUT2D eigenvalue weighted by atomic mass is 10.2. The van der Waals surface area contributed by atoms with Crippen LogP contribution in [0.15, 0.2) is 18.2 Å². The molecule has 0 aromatic heterocycles. The first-order valence-electron chi connectivity index (χ1n) is 5.37. The average molecular weight is 267 g/mol. The van der Waals surface area contributed by atoms with Crippen molar-refractivity contribution in [2.45, 2.75) is 12.5 Å². The van der Waals surface area contributed by atoms with Crippen LogP contribution in [0, 0.1) is 11.3 Å². The van der Waals surface area contributed by atoms with E-state index in [9.17, 15) is 4.79 Å². The first-order valence-corrected chi connectivity index (χ1v) is 5.75. The first kappa shape index (κ1) is 12.5. The maximum Gasteiger partial charge on any atom is 0.415 e. The molecule has 18 heavy (non-hydrogen) atoms. The lowest BCUT2D eigenvalue weighted by Crippen LogP contribution is -2.41. The second-order valence-corrected chi connectivity index (χ2v) is 4.19. The number of rotatable bonds is 2. The summed E-state index contributed by atoms with van der Waals surface area (Å²) < 4.78 is 10.2. The van der Waals surface area contributed by atoms with E-state index in [2.05, 4.69) is 0 Å². The third-order valence-corrected chi connectivity index (χ3v) is 2.89. The number of halogens is 1. The summed E-state index contributed by atoms with van der Waals surface area (Å²) in [5, 5.41) is 9.22. The zero-order chi connectivity index (χ0) is 13.1. The van der Waals surface area contributed by atoms with E-state index >= 15 is 0 Å². The van der Waals surface area contributed by atoms with Gasteiger partial charge in [0.25, 0.3) is 0 Å². The molecule has 94 valence electrons. The summed E-state index contributed by atoms with van der Waals surface area (Å²) in [5.74, 6) is 0.534. The molecule has 1 saturated heterocycles. The van der Waals surface area contributed by atoms with Gasteiger partial charge in [-0.3, -0.25) is 4.90 Å². The van der Waals surface area contributed by atoms with Crippen LogP contribution in [0.3, 0.4) is 0 Å². The predicted molar refractivity (Wildman–Crippen MR) is 65.8 cm³/mol. The van der Waals surface area contributed by atoms with Crippen molar-refractivity contribution in [2.75, 3.05) is 18.6 Å². The molecule has 0 spiro atoms. The molecular weight excluding hydrogens is 256 g/mol. The van der Waals surface area contributed by atoms with Gasteiger partial charge < -0.3 is 9.47 Å². The second-order valence-electron chi connectivity index (χ2n) is 3.76. The Morgan fingerprint density at radius 1 is 1.61 bits per heavy atom. The largest absolute Gasteiger partial charge is 0.495 e. The molecule has 0 radical (unpaired) electrons. The van der Waals surface area contributed by atoms with Gasteiger partial charge in [-0.1, -0.05) is 11.6 Å². The maximum atomic E-state index is 11.8. The van der Waals surface area contributed by atoms with E-state index in [4.69, 9.17) is 26.3 Å². The second kappa shape index (κ2) is 5.15. The van der Waals surface area contributed by atoms with Crippen LogP contribution in [0.1, 0.15) is 6.42 Å². The van der Waals surface area contributed by atoms with Gasteiger partial charge in [0.1, 0.15) is 11.8 Å². The molecule has 1 fully saturated rings. The Kier molecular flexibility index (Phi) is 3.58. The lowest BCUT2D eigenvalue weighted by Gasteiger charge is -2.29. The summed E-state index contributed by atoms with van der Waals surface area (Å²) in [5.41, 5.74) is 0.548. The van der Waals surface area contributed by atoms with Gasteiger partial charge in [0.2, 0.25) is 0 Å². The van der Waals surface area contributed by atoms with Gasteiger partial charge in [0.15, 0.2) is 6.10 Å². The summed E-state index contributed by atoms with van der Waals surface area (Å²) in [4.78, 5) is 13.2. The van der Waals surface area contributed by atoms with Gasteiger partial charge in [-0.2, -0.15) is 5.26 Å². The molecule has 0 aliphatic carbocycles. The first-order chi connectivity index (χ1) is 8.65. The summed E-state index contributed by atoms with van der Waals surface area (Å²) >= 11 is 5.91. The van der Waals surface area contributed by atoms with Crippen LogP contribution >= 0.6 is 11.6 Å². The predicted octanol–water partition coefficient (Wildman–Crippen LogP) is 2.59. The van der Waals surface area contributed by atoms with Crippen LogP contribution in [0.4, 0.5) is 10.5 Å². The Morgan fingerprint density at radius 3 is 3.00 bits per heavy atom. The van der Waals surface area contributed by atoms with Crippen LogP contribution in [-0.2, 0) is 4.74 Å². The maximum absolute atomic E-state index is 11.8. The van der Waals surface area contributed by atoms with Gasteiger partial charge in [0.05, 0.1) is 12.8 Å². The number of hydrogen-bond acceptors (Lipinski definition) is 4. The van der Waals surface area contributed by atoms with Crippen molar-refractivity contribution in [3.63, 3.8) is 0 Å². The van der Waals surface area contributed by atoms with E-state index in [1.54, 1.807) is 18.2 Å². The van der Waals surface area contributed by atoms with Crippen LogP contribution in [0.5, 0.6) is 5.75 Å². The number of nitrogens with zero attached hydrogens (tertiary/aromatic N) is 2. The number of carbonyl (C=O) groups is 1. The Balaban J connectivity index is 2.30. The van der Waals surface area contributed by atoms with Gasteiger partial charge in [-0.25, -0.2) is 4.79 Å². The van der Waals surface area contributed by atoms with E-state index in [1.165, 1.54) is 12.0 Å². The topological polar surface area (TPSA) is 62.6 Å². The molecule has 0 N–H and O–H groups in total. The van der Waals surface area contributed by atoms with Gasteiger partial charge in [-0.05, 0) is 18.2 Å². The van der Waals surface area contributed by atoms with Crippen molar-refractivity contribution in [3.8, 4) is 11.8 Å². The average Bonchev–Trinajstić information content (AvgIpc) is 2.38. The molecule has 2 rings (SSSR count). The standard InChI is InChI=1S/C12H11ClN2O3/c1-17-11-3-2-8(13)6-10(11)15-5-4-9(7-14)18-12(15)16/h2-3,6,9H,4-5H2,1H3. The molecule has 1 aromatic carbocycles. The van der Waals surface area contributed by atoms with Crippen molar-refractivity contribution in [2.24, 2.45) is 0 Å². The van der Waals surface area contributed by atoms with E-state index < -0.39 is 12.2 Å². The van der Waals surface area contributed by atoms with Gasteiger partial charge in [-0.15, -0.1) is 0 Å². The highest BCUT2D eigenvalue weighted by molar-refractivity contribution is 6.31. The van der Waals surface area contributed by atoms with Crippen LogP contribution in [-0.4, -0.2) is 25.9 Å². The summed E-state index contributed by atoms with van der Waals surface area (Å²) in [7, 11) is 1.51. The molecule has 0 saturated carbocycles. The van der Waals surface area contributed by atoms with Crippen LogP contribution < -0.4 is 9.64 Å². The third-order valence-electron chi connectivity index (χ3n) is 2.65. The molecule has 1 aliphatic rings. The molecule has 6 heteroatoms. The van der Waals surface area contributed by atoms with E-state index in [0.717, 1.165) is 0 Å². The minimum atomic E-state index is -0.682. The van der Waals surface area contributed by atoms with Crippen molar-refractivity contribution >= 4 is 23.4 Å². The quantitative estimate of drug-likeness (QED) is 0.825. The van der Waals surface area contributed by atoms with Crippen LogP contribution in [0.2, 0.25) is 5.02 Å². The highest BCUT2D eigenvalue weighted by atomic mass is 35.5. The van der Waals surface area contributed by atoms with Crippen LogP contribution in [0.25, 0.3) is 0 Å². The molecule has 1 aromatic rings. The number of nitriles is 1. The van der Waals surface area contributed by atoms with Crippen molar-refractivity contribution < 1.29 is 14.3 Å². The van der Waals surface area contributed by atoms with E-state index in [-0.39, 0.29) is 0 Å². The summed E-state index contributed by atoms with van der Waals surface area (Å²) in [6.07, 6.45) is -0.787. The number of methoxy groups -OCH3 is 1. The van der Waals surface area contributed by atoms with Crippen molar-refractivity contribution in [1.82, 2.24) is 0 Å². The fourth-order valence-electron chi connectivity index (χ4n) is 1.77. The monoisotopic (exact) mass is 266 g/mol. The summed E-state index contributed by atoms with van der Waals surface area (Å²) in [6, 6.07) is 6.91. The Hall–Kier alpha value is -1.93. The number of amides is 1. The zero-order valence-electron chi connectivity index (χ0n) is 9.72. The molecule has 1 amide bonds. The summed E-state index contributed by atoms with van der Waals surface area (Å²) in [6.45, 7) is 0.397. The number of hydrogen-bond donors (Lipinski definition) is 0. The SMILES string of the molecule is COc1ccc(Cl)cc1N1CCC(C#N)OC1=O. The molecule has 1 heterocycles. The van der Waals surface area contributed by atoms with Crippen molar-refractivity contribution in [1.29, 1.82) is 5.26 Å². The smallest absolute Gasteiger partial charge is 0.415 e. The van der Waals surface area contributed by atoms with Crippen molar-refractivity contribution in [3.05, 3.63) is 23.2 Å². The number of cyclic esters (lactones) is 1. The number of benzene rings is 1. The fourth-order valence-corrected chi connectivity index (χ4v) is 1.93. The number of ether oxygens (including phenoxy) is 2. The highest BCUT2D eigenvalue weighted by Gasteiger charge is 2.29. The van der Waals surface area contributed by atoms with Gasteiger partial charge in [0, 0.05) is 18.0 Å². The van der Waals surface area contributed by atoms with Gasteiger partial charge >= 0.3 is 6.09 Å². The minimum absolute atomic E-state index is 0.397. The zero-order valence-corrected chi connectivity index (χ0v) is 10.5. The Bertz CT molecular complexity index is 513. The number of anilines is 1. The minimum Gasteiger partial charge on any atom is -0.495 e.